The van der Waals surface area contributed by atoms with E-state index in [1.807, 2.05) is 0 Å². The van der Waals surface area contributed by atoms with E-state index in [4.69, 9.17) is 18.9 Å². The lowest BCUT2D eigenvalue weighted by Gasteiger charge is -2.32. The molecule has 2 aromatic carbocycles. The molecule has 0 N–H and O–H groups in total. The normalized spacial score (nSPS) is 16.8. The maximum absolute atomic E-state index is 12.8. The largest absolute Gasteiger partial charge is 0.497 e. The van der Waals surface area contributed by atoms with Gasteiger partial charge in [-0.05, 0) is 42.5 Å². The number of carbonyl (C=O) groups excluding carboxylic acids is 1. The predicted molar refractivity (Wildman–Crippen MR) is 102 cm³/mol. The number of hydrogen-bond donors (Lipinski definition) is 0. The fraction of sp³-hybridized carbons (Fsp3) is 0.381. The van der Waals surface area contributed by atoms with E-state index in [2.05, 4.69) is 0 Å². The fourth-order valence-corrected chi connectivity index (χ4v) is 2.91. The van der Waals surface area contributed by atoms with E-state index in [-0.39, 0.29) is 31.4 Å². The predicted octanol–water partition coefficient (Wildman–Crippen LogP) is 3.40. The summed E-state index contributed by atoms with van der Waals surface area (Å²) < 4.78 is 60.0. The summed E-state index contributed by atoms with van der Waals surface area (Å²) >= 11 is 0. The van der Waals surface area contributed by atoms with Crippen molar-refractivity contribution in [3.05, 3.63) is 54.1 Å². The first-order valence-corrected chi connectivity index (χ1v) is 9.31. The topological polar surface area (TPSA) is 57.2 Å². The van der Waals surface area contributed by atoms with Gasteiger partial charge in [-0.2, -0.15) is 13.2 Å². The molecule has 6 nitrogen and oxygen atoms in total. The number of alkyl halides is 3. The van der Waals surface area contributed by atoms with Crippen molar-refractivity contribution in [3.63, 3.8) is 0 Å². The van der Waals surface area contributed by atoms with Crippen LogP contribution in [0.3, 0.4) is 0 Å². The van der Waals surface area contributed by atoms with Gasteiger partial charge in [-0.1, -0.05) is 6.07 Å². The second-order valence-corrected chi connectivity index (χ2v) is 6.63. The molecule has 0 bridgehead atoms. The maximum atomic E-state index is 12.8. The Morgan fingerprint density at radius 3 is 2.53 bits per heavy atom. The molecule has 1 aliphatic rings. The van der Waals surface area contributed by atoms with Gasteiger partial charge in [0, 0.05) is 6.54 Å². The summed E-state index contributed by atoms with van der Waals surface area (Å²) in [6.45, 7) is 0.886. The van der Waals surface area contributed by atoms with Gasteiger partial charge in [0.25, 0.3) is 5.91 Å². The number of carbonyl (C=O) groups is 1. The molecule has 1 heterocycles. The van der Waals surface area contributed by atoms with Gasteiger partial charge >= 0.3 is 6.18 Å². The van der Waals surface area contributed by atoms with Crippen LogP contribution in [0.25, 0.3) is 0 Å². The number of nitrogens with zero attached hydrogens (tertiary/aromatic N) is 1. The van der Waals surface area contributed by atoms with Gasteiger partial charge in [0.15, 0.2) is 6.61 Å². The summed E-state index contributed by atoms with van der Waals surface area (Å²) in [7, 11) is 1.56. The molecule has 0 aliphatic carbocycles. The molecule has 1 fully saturated rings. The highest BCUT2D eigenvalue weighted by Crippen LogP contribution is 2.31. The van der Waals surface area contributed by atoms with E-state index in [1.54, 1.807) is 36.3 Å². The molecule has 0 saturated carbocycles. The van der Waals surface area contributed by atoms with Crippen LogP contribution in [0.15, 0.2) is 48.5 Å². The summed E-state index contributed by atoms with van der Waals surface area (Å²) in [4.78, 5) is 14.0. The molecule has 162 valence electrons. The van der Waals surface area contributed by atoms with Crippen molar-refractivity contribution in [1.29, 1.82) is 0 Å². The van der Waals surface area contributed by atoms with Crippen molar-refractivity contribution in [2.45, 2.75) is 12.3 Å². The van der Waals surface area contributed by atoms with E-state index >= 15 is 0 Å². The van der Waals surface area contributed by atoms with Gasteiger partial charge in [-0.3, -0.25) is 4.79 Å². The number of morpholine rings is 1. The second-order valence-electron chi connectivity index (χ2n) is 6.63. The summed E-state index contributed by atoms with van der Waals surface area (Å²) in [5.74, 6) is 1.12. The zero-order valence-electron chi connectivity index (χ0n) is 16.4. The smallest absolute Gasteiger partial charge is 0.416 e. The first kappa shape index (κ1) is 21.8. The maximum Gasteiger partial charge on any atom is 0.416 e. The van der Waals surface area contributed by atoms with Gasteiger partial charge in [0.2, 0.25) is 0 Å². The van der Waals surface area contributed by atoms with Gasteiger partial charge in [0.1, 0.15) is 30.0 Å². The molecular formula is C21H22F3NO5. The molecule has 1 unspecified atom stereocenters. The number of ether oxygens (including phenoxy) is 4. The molecule has 1 atom stereocenters. The SMILES string of the molecule is COc1ccc(OCC(=O)N2CCOC(COc3cccc(C(F)(F)F)c3)C2)cc1. The Morgan fingerprint density at radius 2 is 1.83 bits per heavy atom. The average Bonchev–Trinajstić information content (AvgIpc) is 2.76. The molecular weight excluding hydrogens is 403 g/mol. The number of rotatable bonds is 7. The van der Waals surface area contributed by atoms with Crippen LogP contribution in [0.4, 0.5) is 13.2 Å². The third-order valence-corrected chi connectivity index (χ3v) is 4.51. The molecule has 1 saturated heterocycles. The fourth-order valence-electron chi connectivity index (χ4n) is 2.91. The zero-order valence-corrected chi connectivity index (χ0v) is 16.4. The number of benzene rings is 2. The van der Waals surface area contributed by atoms with Crippen molar-refractivity contribution >= 4 is 5.91 Å². The highest BCUT2D eigenvalue weighted by atomic mass is 19.4. The van der Waals surface area contributed by atoms with E-state index < -0.39 is 17.8 Å². The summed E-state index contributed by atoms with van der Waals surface area (Å²) in [5.41, 5.74) is -0.781. The van der Waals surface area contributed by atoms with Crippen molar-refractivity contribution < 1.29 is 36.9 Å². The van der Waals surface area contributed by atoms with Crippen molar-refractivity contribution in [3.8, 4) is 17.2 Å². The second kappa shape index (κ2) is 9.71. The Labute approximate surface area is 172 Å². The molecule has 2 aromatic rings. The van der Waals surface area contributed by atoms with Crippen LogP contribution in [0.2, 0.25) is 0 Å². The Kier molecular flexibility index (Phi) is 7.04. The van der Waals surface area contributed by atoms with E-state index in [0.717, 1.165) is 12.1 Å². The monoisotopic (exact) mass is 425 g/mol. The minimum atomic E-state index is -4.44. The van der Waals surface area contributed by atoms with Crippen LogP contribution in [-0.4, -0.2) is 56.9 Å². The quantitative estimate of drug-likeness (QED) is 0.681. The number of hydrogen-bond acceptors (Lipinski definition) is 5. The molecule has 3 rings (SSSR count). The van der Waals surface area contributed by atoms with E-state index in [9.17, 15) is 18.0 Å². The standard InChI is InChI=1S/C21H22F3NO5/c1-27-16-5-7-17(8-6-16)30-14-20(26)25-9-10-28-19(12-25)13-29-18-4-2-3-15(11-18)21(22,23)24/h2-8,11,19H,9-10,12-14H2,1H3. The third-order valence-electron chi connectivity index (χ3n) is 4.51. The number of halogens is 3. The number of methoxy groups -OCH3 is 1. The van der Waals surface area contributed by atoms with Gasteiger partial charge in [-0.25, -0.2) is 0 Å². The van der Waals surface area contributed by atoms with Crippen molar-refractivity contribution in [2.24, 2.45) is 0 Å². The van der Waals surface area contributed by atoms with Crippen LogP contribution in [-0.2, 0) is 15.7 Å². The van der Waals surface area contributed by atoms with Crippen LogP contribution in [0.5, 0.6) is 17.2 Å². The first-order valence-electron chi connectivity index (χ1n) is 9.31. The van der Waals surface area contributed by atoms with Crippen LogP contribution >= 0.6 is 0 Å². The van der Waals surface area contributed by atoms with Gasteiger partial charge in [0.05, 0.1) is 25.8 Å². The number of amides is 1. The average molecular weight is 425 g/mol. The molecule has 0 aromatic heterocycles. The lowest BCUT2D eigenvalue weighted by Crippen LogP contribution is -2.49. The summed E-state index contributed by atoms with van der Waals surface area (Å²) in [6.07, 6.45) is -4.88. The molecule has 0 radical (unpaired) electrons. The molecule has 0 spiro atoms. The minimum Gasteiger partial charge on any atom is -0.497 e. The first-order chi connectivity index (χ1) is 14.3. The molecule has 30 heavy (non-hydrogen) atoms. The summed E-state index contributed by atoms with van der Waals surface area (Å²) in [6, 6.07) is 11.5. The Balaban J connectivity index is 1.48. The highest BCUT2D eigenvalue weighted by molar-refractivity contribution is 5.77. The Morgan fingerprint density at radius 1 is 1.10 bits per heavy atom. The minimum absolute atomic E-state index is 0.0322. The van der Waals surface area contributed by atoms with Crippen molar-refractivity contribution in [2.75, 3.05) is 40.0 Å². The third kappa shape index (κ3) is 6.03. The van der Waals surface area contributed by atoms with Gasteiger partial charge < -0.3 is 23.8 Å². The van der Waals surface area contributed by atoms with Crippen LogP contribution < -0.4 is 14.2 Å². The Hall–Kier alpha value is -2.94. The van der Waals surface area contributed by atoms with Gasteiger partial charge in [-0.15, -0.1) is 0 Å². The van der Waals surface area contributed by atoms with E-state index in [0.29, 0.717) is 24.7 Å². The van der Waals surface area contributed by atoms with Crippen LogP contribution in [0.1, 0.15) is 5.56 Å². The summed E-state index contributed by atoms with van der Waals surface area (Å²) in [5, 5.41) is 0. The molecule has 9 heteroatoms. The molecule has 1 amide bonds. The molecule has 1 aliphatic heterocycles. The van der Waals surface area contributed by atoms with E-state index in [1.165, 1.54) is 12.1 Å². The van der Waals surface area contributed by atoms with Crippen LogP contribution in [0, 0.1) is 0 Å². The lowest BCUT2D eigenvalue weighted by atomic mass is 10.2. The Bertz CT molecular complexity index is 841. The van der Waals surface area contributed by atoms with Crippen molar-refractivity contribution in [1.82, 2.24) is 4.90 Å². The lowest BCUT2D eigenvalue weighted by molar-refractivity contribution is -0.142. The zero-order chi connectivity index (χ0) is 21.6. The highest BCUT2D eigenvalue weighted by Gasteiger charge is 2.31.